The van der Waals surface area contributed by atoms with E-state index < -0.39 is 0 Å². The average molecular weight is 372 g/mol. The van der Waals surface area contributed by atoms with Crippen molar-refractivity contribution in [3.8, 4) is 0 Å². The topological polar surface area (TPSA) is 77.2 Å². The van der Waals surface area contributed by atoms with Crippen LogP contribution in [0.2, 0.25) is 0 Å². The number of anilines is 1. The lowest BCUT2D eigenvalue weighted by atomic mass is 9.98. The van der Waals surface area contributed by atoms with Gasteiger partial charge in [0, 0.05) is 57.6 Å². The van der Waals surface area contributed by atoms with Gasteiger partial charge in [0.2, 0.25) is 5.95 Å². The van der Waals surface area contributed by atoms with Crippen LogP contribution in [0.15, 0.2) is 12.4 Å². The van der Waals surface area contributed by atoms with Crippen LogP contribution in [0.5, 0.6) is 0 Å². The molecule has 0 unspecified atom stereocenters. The van der Waals surface area contributed by atoms with Crippen LogP contribution in [0.25, 0.3) is 0 Å². The highest BCUT2D eigenvalue weighted by atomic mass is 16.5. The molecule has 0 radical (unpaired) electrons. The molecular weight excluding hydrogens is 344 g/mol. The summed E-state index contributed by atoms with van der Waals surface area (Å²) < 4.78 is 9.71. The van der Waals surface area contributed by atoms with Crippen molar-refractivity contribution in [1.29, 1.82) is 0 Å². The number of nitrogens with zero attached hydrogens (tertiary/aromatic N) is 5. The maximum Gasteiger partial charge on any atom is 0.272 e. The van der Waals surface area contributed by atoms with Crippen LogP contribution in [0.1, 0.15) is 54.5 Å². The molecule has 8 heteroatoms. The van der Waals surface area contributed by atoms with E-state index in [4.69, 9.17) is 4.74 Å². The van der Waals surface area contributed by atoms with Crippen molar-refractivity contribution in [3.05, 3.63) is 29.3 Å². The third-order valence-corrected chi connectivity index (χ3v) is 5.63. The normalized spacial score (nSPS) is 23.3. The van der Waals surface area contributed by atoms with Gasteiger partial charge in [-0.15, -0.1) is 0 Å². The Bertz CT molecular complexity index is 833. The van der Waals surface area contributed by atoms with Crippen LogP contribution in [-0.4, -0.2) is 50.5 Å². The molecule has 4 rings (SSSR count). The lowest BCUT2D eigenvalue weighted by Gasteiger charge is -2.33. The van der Waals surface area contributed by atoms with Gasteiger partial charge >= 0.3 is 0 Å². The fraction of sp³-hybridized carbons (Fsp3) is 0.632. The molecule has 2 aromatic heterocycles. The number of ether oxygens (including phenoxy) is 1. The van der Waals surface area contributed by atoms with Gasteiger partial charge in [-0.05, 0) is 26.7 Å². The highest BCUT2D eigenvalue weighted by Crippen LogP contribution is 2.31. The van der Waals surface area contributed by atoms with Gasteiger partial charge in [0.1, 0.15) is 0 Å². The Morgan fingerprint density at radius 1 is 1.26 bits per heavy atom. The van der Waals surface area contributed by atoms with Gasteiger partial charge in [-0.3, -0.25) is 9.48 Å². The van der Waals surface area contributed by atoms with Gasteiger partial charge in [-0.1, -0.05) is 0 Å². The van der Waals surface area contributed by atoms with E-state index in [2.05, 4.69) is 20.3 Å². The maximum atomic E-state index is 12.9. The van der Waals surface area contributed by atoms with Gasteiger partial charge in [-0.25, -0.2) is 4.98 Å². The molecular formula is C19H28N6O2. The number of rotatable bonds is 3. The molecule has 1 fully saturated rings. The second-order valence-electron chi connectivity index (χ2n) is 7.70. The molecule has 146 valence electrons. The Morgan fingerprint density at radius 2 is 2.00 bits per heavy atom. The predicted octanol–water partition coefficient (Wildman–Crippen LogP) is 1.57. The molecule has 0 aromatic carbocycles. The first kappa shape index (κ1) is 18.0. The minimum atomic E-state index is -0.0661. The summed E-state index contributed by atoms with van der Waals surface area (Å²) in [6.07, 6.45) is 6.38. The van der Waals surface area contributed by atoms with Crippen molar-refractivity contribution in [1.82, 2.24) is 24.6 Å². The summed E-state index contributed by atoms with van der Waals surface area (Å²) >= 11 is 0. The largest absolute Gasteiger partial charge is 0.369 e. The molecule has 1 N–H and O–H groups in total. The predicted molar refractivity (Wildman–Crippen MR) is 102 cm³/mol. The minimum absolute atomic E-state index is 0.0381. The number of aromatic nitrogens is 4. The smallest absolute Gasteiger partial charge is 0.272 e. The van der Waals surface area contributed by atoms with E-state index >= 15 is 0 Å². The van der Waals surface area contributed by atoms with Crippen molar-refractivity contribution >= 4 is 11.9 Å². The van der Waals surface area contributed by atoms with Gasteiger partial charge in [0.15, 0.2) is 5.69 Å². The van der Waals surface area contributed by atoms with Crippen LogP contribution < -0.4 is 10.2 Å². The molecule has 0 saturated carbocycles. The van der Waals surface area contributed by atoms with E-state index in [9.17, 15) is 4.79 Å². The van der Waals surface area contributed by atoms with Crippen molar-refractivity contribution in [2.75, 3.05) is 18.0 Å². The summed E-state index contributed by atoms with van der Waals surface area (Å²) in [5.74, 6) is 0.921. The number of piperidine rings is 1. The van der Waals surface area contributed by atoms with Crippen molar-refractivity contribution < 1.29 is 9.53 Å². The molecule has 2 atom stereocenters. The second kappa shape index (κ2) is 6.99. The number of carbonyl (C=O) groups is 1. The Balaban J connectivity index is 1.42. The van der Waals surface area contributed by atoms with Gasteiger partial charge in [-0.2, -0.15) is 5.10 Å². The average Bonchev–Trinajstić information content (AvgIpc) is 3.19. The number of hydrogen-bond donors (Lipinski definition) is 1. The fourth-order valence-corrected chi connectivity index (χ4v) is 4.36. The summed E-state index contributed by atoms with van der Waals surface area (Å²) in [6.45, 7) is 5.84. The van der Waals surface area contributed by atoms with Crippen molar-refractivity contribution in [2.24, 2.45) is 14.1 Å². The zero-order chi connectivity index (χ0) is 19.1. The zero-order valence-electron chi connectivity index (χ0n) is 16.5. The van der Waals surface area contributed by atoms with Crippen LogP contribution in [0, 0.1) is 0 Å². The molecule has 8 nitrogen and oxygen atoms in total. The molecule has 2 aliphatic heterocycles. The van der Waals surface area contributed by atoms with Crippen LogP contribution in [-0.2, 0) is 25.3 Å². The molecule has 2 aromatic rings. The van der Waals surface area contributed by atoms with E-state index in [1.54, 1.807) is 4.68 Å². The van der Waals surface area contributed by atoms with Crippen LogP contribution >= 0.6 is 0 Å². The van der Waals surface area contributed by atoms with E-state index in [-0.39, 0.29) is 24.2 Å². The van der Waals surface area contributed by atoms with Gasteiger partial charge in [0.05, 0.1) is 17.9 Å². The number of aryl methyl sites for hydroxylation is 2. The van der Waals surface area contributed by atoms with Crippen LogP contribution in [0.3, 0.4) is 0 Å². The van der Waals surface area contributed by atoms with E-state index in [0.29, 0.717) is 5.69 Å². The highest BCUT2D eigenvalue weighted by Gasteiger charge is 2.32. The molecule has 4 heterocycles. The third kappa shape index (κ3) is 3.34. The first-order chi connectivity index (χ1) is 12.9. The molecule has 0 bridgehead atoms. The van der Waals surface area contributed by atoms with E-state index in [1.807, 2.05) is 44.9 Å². The number of hydrogen-bond acceptors (Lipinski definition) is 5. The molecule has 27 heavy (non-hydrogen) atoms. The SMILES string of the molecule is C[C@@H]1Cc2c(C(=O)NC3CCN(c4nccn4C)CC3)nn(C)c2[C@H](C)O1. The lowest BCUT2D eigenvalue weighted by Crippen LogP contribution is -2.45. The fourth-order valence-electron chi connectivity index (χ4n) is 4.36. The minimum Gasteiger partial charge on any atom is -0.369 e. The first-order valence-electron chi connectivity index (χ1n) is 9.68. The number of imidazole rings is 1. The summed E-state index contributed by atoms with van der Waals surface area (Å²) in [7, 11) is 3.89. The van der Waals surface area contributed by atoms with Crippen molar-refractivity contribution in [3.63, 3.8) is 0 Å². The number of amides is 1. The Morgan fingerprint density at radius 3 is 2.67 bits per heavy atom. The summed E-state index contributed by atoms with van der Waals surface area (Å²) in [5.41, 5.74) is 2.61. The highest BCUT2D eigenvalue weighted by molar-refractivity contribution is 5.94. The molecule has 0 spiro atoms. The molecule has 1 saturated heterocycles. The van der Waals surface area contributed by atoms with Crippen molar-refractivity contribution in [2.45, 2.75) is 51.4 Å². The lowest BCUT2D eigenvalue weighted by molar-refractivity contribution is -0.00903. The number of carbonyl (C=O) groups excluding carboxylic acids is 1. The molecule has 2 aliphatic rings. The summed E-state index contributed by atoms with van der Waals surface area (Å²) in [6, 6.07) is 0.168. The van der Waals surface area contributed by atoms with Gasteiger partial charge < -0.3 is 19.5 Å². The second-order valence-corrected chi connectivity index (χ2v) is 7.70. The third-order valence-electron chi connectivity index (χ3n) is 5.63. The monoisotopic (exact) mass is 372 g/mol. The Hall–Kier alpha value is -2.35. The standard InChI is InChI=1S/C19H28N6O2/c1-12-11-15-16(22-24(4)17(15)13(2)27-12)18(26)21-14-5-8-25(9-6-14)19-20-7-10-23(19)3/h7,10,12-14H,5-6,8-9,11H2,1-4H3,(H,21,26)/t12-,13+/m1/s1. The maximum absolute atomic E-state index is 12.9. The van der Waals surface area contributed by atoms with Crippen LogP contribution in [0.4, 0.5) is 5.95 Å². The quantitative estimate of drug-likeness (QED) is 0.885. The zero-order valence-corrected chi connectivity index (χ0v) is 16.5. The molecule has 1 amide bonds. The van der Waals surface area contributed by atoms with E-state index in [1.165, 1.54) is 0 Å². The van der Waals surface area contributed by atoms with E-state index in [0.717, 1.165) is 49.6 Å². The first-order valence-corrected chi connectivity index (χ1v) is 9.68. The van der Waals surface area contributed by atoms with Gasteiger partial charge in [0.25, 0.3) is 5.91 Å². The molecule has 0 aliphatic carbocycles. The number of fused-ring (bicyclic) bond motifs is 1. The number of nitrogens with one attached hydrogen (secondary N) is 1. The summed E-state index contributed by atoms with van der Waals surface area (Å²) in [4.78, 5) is 19.6. The Labute approximate surface area is 159 Å². The summed E-state index contributed by atoms with van der Waals surface area (Å²) in [5, 5.41) is 7.71. The Kier molecular flexibility index (Phi) is 4.67.